The molecule has 132 valence electrons. The summed E-state index contributed by atoms with van der Waals surface area (Å²) in [5, 5.41) is 18.8. The zero-order valence-electron chi connectivity index (χ0n) is 13.6. The van der Waals surface area contributed by atoms with Gasteiger partial charge in [0, 0.05) is 12.1 Å². The first-order valence-electron chi connectivity index (χ1n) is 7.25. The lowest BCUT2D eigenvalue weighted by atomic mass is 10.1. The number of nitrogens with zero attached hydrogens (tertiary/aromatic N) is 5. The molecule has 2 N–H and O–H groups in total. The molecule has 0 aliphatic rings. The second kappa shape index (κ2) is 6.99. The van der Waals surface area contributed by atoms with E-state index in [1.54, 1.807) is 13.8 Å². The van der Waals surface area contributed by atoms with Crippen molar-refractivity contribution in [2.45, 2.75) is 25.9 Å². The summed E-state index contributed by atoms with van der Waals surface area (Å²) < 4.78 is 6.78. The van der Waals surface area contributed by atoms with Crippen LogP contribution in [-0.4, -0.2) is 24.8 Å². The van der Waals surface area contributed by atoms with Gasteiger partial charge in [-0.15, -0.1) is 12.4 Å². The van der Waals surface area contributed by atoms with Crippen LogP contribution in [0, 0.1) is 10.1 Å². The summed E-state index contributed by atoms with van der Waals surface area (Å²) in [7, 11) is 0. The molecular weight excluding hydrogens is 348 g/mol. The highest BCUT2D eigenvalue weighted by atomic mass is 35.5. The van der Waals surface area contributed by atoms with Crippen LogP contribution < -0.4 is 5.73 Å². The number of hydrogen-bond acceptors (Lipinski definition) is 7. The molecule has 2 aromatic heterocycles. The average molecular weight is 365 g/mol. The van der Waals surface area contributed by atoms with Crippen LogP contribution in [0.1, 0.15) is 25.3 Å². The van der Waals surface area contributed by atoms with Crippen molar-refractivity contribution in [1.29, 1.82) is 0 Å². The third-order valence-corrected chi connectivity index (χ3v) is 3.75. The van der Waals surface area contributed by atoms with E-state index in [1.807, 2.05) is 24.3 Å². The van der Waals surface area contributed by atoms with Gasteiger partial charge in [-0.25, -0.2) is 0 Å². The van der Waals surface area contributed by atoms with E-state index in [-0.39, 0.29) is 18.1 Å². The van der Waals surface area contributed by atoms with Crippen LogP contribution in [0.5, 0.6) is 0 Å². The molecule has 0 saturated heterocycles. The first kappa shape index (κ1) is 18.6. The van der Waals surface area contributed by atoms with Gasteiger partial charge in [-0.05, 0) is 19.4 Å². The molecule has 0 unspecified atom stereocenters. The lowest BCUT2D eigenvalue weighted by Gasteiger charge is -2.19. The van der Waals surface area contributed by atoms with Gasteiger partial charge in [0.05, 0.1) is 4.92 Å². The topological polar surface area (TPSA) is 126 Å². The smallest absolute Gasteiger partial charge is 0.307 e. The molecule has 0 atom stereocenters. The van der Waals surface area contributed by atoms with Crippen molar-refractivity contribution in [3.63, 3.8) is 0 Å². The van der Waals surface area contributed by atoms with E-state index in [0.717, 1.165) is 11.1 Å². The van der Waals surface area contributed by atoms with Crippen LogP contribution in [-0.2, 0) is 12.1 Å². The molecule has 0 amide bonds. The Bertz CT molecular complexity index is 872. The molecule has 9 nitrogen and oxygen atoms in total. The van der Waals surface area contributed by atoms with Gasteiger partial charge in [0.1, 0.15) is 17.9 Å². The Hall–Kier alpha value is -2.78. The Morgan fingerprint density at radius 1 is 1.32 bits per heavy atom. The number of rotatable bonds is 5. The van der Waals surface area contributed by atoms with E-state index in [2.05, 4.69) is 15.2 Å². The molecule has 0 radical (unpaired) electrons. The van der Waals surface area contributed by atoms with Crippen molar-refractivity contribution < 1.29 is 9.45 Å². The molecular formula is C15H17ClN6O3. The maximum absolute atomic E-state index is 10.8. The number of nitrogens with two attached hydrogens (primary N) is 1. The zero-order chi connectivity index (χ0) is 17.3. The zero-order valence-corrected chi connectivity index (χ0v) is 14.4. The molecule has 0 fully saturated rings. The molecule has 3 aromatic rings. The molecule has 25 heavy (non-hydrogen) atoms. The van der Waals surface area contributed by atoms with Crippen molar-refractivity contribution in [3.05, 3.63) is 58.2 Å². The van der Waals surface area contributed by atoms with Gasteiger partial charge >= 0.3 is 5.69 Å². The van der Waals surface area contributed by atoms with Crippen molar-refractivity contribution in [2.75, 3.05) is 0 Å². The second-order valence-corrected chi connectivity index (χ2v) is 5.78. The Morgan fingerprint density at radius 2 is 2.00 bits per heavy atom. The highest BCUT2D eigenvalue weighted by Gasteiger charge is 2.32. The molecule has 0 saturated carbocycles. The van der Waals surface area contributed by atoms with Gasteiger partial charge in [-0.2, -0.15) is 10.1 Å². The first-order valence-corrected chi connectivity index (χ1v) is 7.25. The minimum absolute atomic E-state index is 0. The van der Waals surface area contributed by atoms with Crippen molar-refractivity contribution in [3.8, 4) is 11.4 Å². The van der Waals surface area contributed by atoms with E-state index in [9.17, 15) is 10.1 Å². The van der Waals surface area contributed by atoms with Crippen LogP contribution in [0.4, 0.5) is 5.69 Å². The third kappa shape index (κ3) is 3.52. The number of benzene rings is 1. The number of halogens is 1. The Balaban J connectivity index is 0.00000225. The summed E-state index contributed by atoms with van der Waals surface area (Å²) in [4.78, 5) is 14.7. The SMILES string of the molecule is CC(C)(c1nc(-c2ccc(CN)cc2)no1)n1cc([N+](=O)[O-])cn1.Cl. The predicted octanol–water partition coefficient (Wildman–Crippen LogP) is 2.51. The van der Waals surface area contributed by atoms with Crippen LogP contribution in [0.3, 0.4) is 0 Å². The number of hydrogen-bond donors (Lipinski definition) is 1. The van der Waals surface area contributed by atoms with Gasteiger partial charge in [0.25, 0.3) is 5.89 Å². The predicted molar refractivity (Wildman–Crippen MR) is 92.2 cm³/mol. The summed E-state index contributed by atoms with van der Waals surface area (Å²) in [6.45, 7) is 4.04. The van der Waals surface area contributed by atoms with Crippen LogP contribution in [0.15, 0.2) is 41.2 Å². The molecule has 10 heteroatoms. The summed E-state index contributed by atoms with van der Waals surface area (Å²) in [6, 6.07) is 7.52. The molecule has 0 bridgehead atoms. The minimum atomic E-state index is -0.823. The summed E-state index contributed by atoms with van der Waals surface area (Å²) in [5.74, 6) is 0.738. The summed E-state index contributed by atoms with van der Waals surface area (Å²) in [6.07, 6.45) is 2.52. The second-order valence-electron chi connectivity index (χ2n) is 5.78. The lowest BCUT2D eigenvalue weighted by molar-refractivity contribution is -0.385. The largest absolute Gasteiger partial charge is 0.336 e. The molecule has 3 rings (SSSR count). The van der Waals surface area contributed by atoms with Gasteiger partial charge in [0.15, 0.2) is 0 Å². The van der Waals surface area contributed by atoms with Crippen molar-refractivity contribution in [1.82, 2.24) is 19.9 Å². The highest BCUT2D eigenvalue weighted by molar-refractivity contribution is 5.85. The molecule has 0 spiro atoms. The Kier molecular flexibility index (Phi) is 5.19. The molecule has 0 aliphatic heterocycles. The third-order valence-electron chi connectivity index (χ3n) is 3.75. The van der Waals surface area contributed by atoms with E-state index < -0.39 is 10.5 Å². The fourth-order valence-corrected chi connectivity index (χ4v) is 2.19. The standard InChI is InChI=1S/C15H16N6O3.ClH/c1-15(2,20-9-12(8-17-20)21(22)23)14-18-13(19-24-14)11-5-3-10(7-16)4-6-11;/h3-6,8-9H,7,16H2,1-2H3;1H. The van der Waals surface area contributed by atoms with Gasteiger partial charge in [-0.1, -0.05) is 29.4 Å². The van der Waals surface area contributed by atoms with Gasteiger partial charge < -0.3 is 10.3 Å². The molecule has 1 aromatic carbocycles. The fourth-order valence-electron chi connectivity index (χ4n) is 2.19. The quantitative estimate of drug-likeness (QED) is 0.544. The number of nitro groups is 1. The fraction of sp³-hybridized carbons (Fsp3) is 0.267. The van der Waals surface area contributed by atoms with Gasteiger partial charge in [-0.3, -0.25) is 14.8 Å². The van der Waals surface area contributed by atoms with Crippen molar-refractivity contribution in [2.24, 2.45) is 5.73 Å². The molecule has 0 aliphatic carbocycles. The highest BCUT2D eigenvalue weighted by Crippen LogP contribution is 2.27. The first-order chi connectivity index (χ1) is 11.4. The summed E-state index contributed by atoms with van der Waals surface area (Å²) >= 11 is 0. The maximum atomic E-state index is 10.8. The summed E-state index contributed by atoms with van der Waals surface area (Å²) in [5.41, 5.74) is 6.46. The van der Waals surface area contributed by atoms with E-state index in [1.165, 1.54) is 17.1 Å². The van der Waals surface area contributed by atoms with Crippen LogP contribution in [0.2, 0.25) is 0 Å². The number of aromatic nitrogens is 4. The Morgan fingerprint density at radius 3 is 2.56 bits per heavy atom. The van der Waals surface area contributed by atoms with E-state index >= 15 is 0 Å². The maximum Gasteiger partial charge on any atom is 0.307 e. The monoisotopic (exact) mass is 364 g/mol. The minimum Gasteiger partial charge on any atom is -0.336 e. The lowest BCUT2D eigenvalue weighted by Crippen LogP contribution is -2.28. The van der Waals surface area contributed by atoms with E-state index in [4.69, 9.17) is 10.3 Å². The van der Waals surface area contributed by atoms with Crippen LogP contribution in [0.25, 0.3) is 11.4 Å². The Labute approximate surface area is 149 Å². The van der Waals surface area contributed by atoms with Crippen molar-refractivity contribution >= 4 is 18.1 Å². The average Bonchev–Trinajstić information content (AvgIpc) is 3.25. The van der Waals surface area contributed by atoms with Crippen LogP contribution >= 0.6 is 12.4 Å². The van der Waals surface area contributed by atoms with Gasteiger partial charge in [0.2, 0.25) is 5.82 Å². The normalized spacial score (nSPS) is 11.2. The molecule has 2 heterocycles. The van der Waals surface area contributed by atoms with E-state index in [0.29, 0.717) is 18.3 Å².